The highest BCUT2D eigenvalue weighted by Crippen LogP contribution is 2.24. The van der Waals surface area contributed by atoms with E-state index in [1.807, 2.05) is 25.1 Å². The third-order valence-electron chi connectivity index (χ3n) is 3.00. The molecule has 0 saturated heterocycles. The first-order valence-electron chi connectivity index (χ1n) is 6.80. The average Bonchev–Trinajstić information content (AvgIpc) is 2.45. The Labute approximate surface area is 129 Å². The molecule has 110 valence electrons. The van der Waals surface area contributed by atoms with E-state index in [2.05, 4.69) is 5.32 Å². The molecule has 0 atom stereocenters. The zero-order valence-electron chi connectivity index (χ0n) is 11.8. The Bertz CT molecular complexity index is 630. The number of nitrogen functional groups attached to an aromatic ring is 1. The summed E-state index contributed by atoms with van der Waals surface area (Å²) in [6.07, 6.45) is 0.831. The van der Waals surface area contributed by atoms with Crippen molar-refractivity contribution in [2.75, 3.05) is 22.5 Å². The van der Waals surface area contributed by atoms with Gasteiger partial charge in [0.15, 0.2) is 0 Å². The van der Waals surface area contributed by atoms with Gasteiger partial charge in [0.2, 0.25) is 0 Å². The number of benzene rings is 2. The van der Waals surface area contributed by atoms with E-state index in [0.717, 1.165) is 6.42 Å². The highest BCUT2D eigenvalue weighted by atomic mass is 35.5. The van der Waals surface area contributed by atoms with Crippen molar-refractivity contribution in [3.63, 3.8) is 0 Å². The zero-order valence-corrected chi connectivity index (χ0v) is 12.6. The van der Waals surface area contributed by atoms with Gasteiger partial charge in [-0.2, -0.15) is 0 Å². The number of urea groups is 1. The van der Waals surface area contributed by atoms with Crippen LogP contribution in [0.15, 0.2) is 48.5 Å². The number of hydrogen-bond donors (Lipinski definition) is 2. The van der Waals surface area contributed by atoms with E-state index in [9.17, 15) is 4.79 Å². The van der Waals surface area contributed by atoms with Gasteiger partial charge in [-0.1, -0.05) is 36.7 Å². The van der Waals surface area contributed by atoms with Gasteiger partial charge in [-0.25, -0.2) is 4.79 Å². The van der Waals surface area contributed by atoms with Gasteiger partial charge in [-0.05, 0) is 36.8 Å². The lowest BCUT2D eigenvalue weighted by Gasteiger charge is -2.24. The molecule has 0 unspecified atom stereocenters. The molecule has 21 heavy (non-hydrogen) atoms. The Kier molecular flexibility index (Phi) is 5.06. The van der Waals surface area contributed by atoms with Crippen molar-refractivity contribution >= 4 is 34.7 Å². The molecule has 0 bridgehead atoms. The van der Waals surface area contributed by atoms with Crippen LogP contribution in [-0.2, 0) is 0 Å². The molecule has 0 aliphatic heterocycles. The zero-order chi connectivity index (χ0) is 15.2. The van der Waals surface area contributed by atoms with Crippen molar-refractivity contribution in [2.45, 2.75) is 13.3 Å². The van der Waals surface area contributed by atoms with Gasteiger partial charge in [0.1, 0.15) is 0 Å². The van der Waals surface area contributed by atoms with Crippen molar-refractivity contribution < 1.29 is 4.79 Å². The van der Waals surface area contributed by atoms with Crippen LogP contribution in [0.1, 0.15) is 13.3 Å². The number of nitrogens with two attached hydrogens (primary N) is 1. The summed E-state index contributed by atoms with van der Waals surface area (Å²) < 4.78 is 0. The van der Waals surface area contributed by atoms with Crippen molar-refractivity contribution in [3.05, 3.63) is 53.6 Å². The van der Waals surface area contributed by atoms with E-state index in [1.165, 1.54) is 0 Å². The minimum atomic E-state index is -0.225. The van der Waals surface area contributed by atoms with Crippen molar-refractivity contribution in [1.29, 1.82) is 0 Å². The van der Waals surface area contributed by atoms with Gasteiger partial charge < -0.3 is 11.1 Å². The van der Waals surface area contributed by atoms with Crippen LogP contribution in [0.25, 0.3) is 0 Å². The van der Waals surface area contributed by atoms with E-state index < -0.39 is 0 Å². The Morgan fingerprint density at radius 3 is 2.67 bits per heavy atom. The van der Waals surface area contributed by atoms with Crippen LogP contribution in [0.4, 0.5) is 21.9 Å². The quantitative estimate of drug-likeness (QED) is 0.824. The third-order valence-corrected chi connectivity index (χ3v) is 3.23. The number of nitrogens with zero attached hydrogens (tertiary/aromatic N) is 1. The van der Waals surface area contributed by atoms with Crippen molar-refractivity contribution in [1.82, 2.24) is 0 Å². The summed E-state index contributed by atoms with van der Waals surface area (Å²) in [6, 6.07) is 14.2. The molecule has 0 aliphatic rings. The highest BCUT2D eigenvalue weighted by molar-refractivity contribution is 6.30. The number of nitrogens with one attached hydrogen (secondary N) is 1. The summed E-state index contributed by atoms with van der Waals surface area (Å²) in [5.74, 6) is 0. The number of carbonyl (C=O) groups is 1. The maximum Gasteiger partial charge on any atom is 0.326 e. The van der Waals surface area contributed by atoms with Gasteiger partial charge >= 0.3 is 6.03 Å². The molecule has 2 amide bonds. The first-order valence-corrected chi connectivity index (χ1v) is 7.18. The van der Waals surface area contributed by atoms with Gasteiger partial charge in [-0.15, -0.1) is 0 Å². The van der Waals surface area contributed by atoms with Crippen LogP contribution < -0.4 is 16.0 Å². The second-order valence-electron chi connectivity index (χ2n) is 4.65. The average molecular weight is 304 g/mol. The standard InChI is InChI=1S/C16H18ClN3O/c1-2-10-20(15-9-4-3-8-14(15)18)16(21)19-13-7-5-6-12(17)11-13/h3-9,11H,2,10,18H2,1H3,(H,19,21). The van der Waals surface area contributed by atoms with E-state index in [1.54, 1.807) is 35.2 Å². The number of rotatable bonds is 4. The second kappa shape index (κ2) is 6.99. The SMILES string of the molecule is CCCN(C(=O)Nc1cccc(Cl)c1)c1ccccc1N. The van der Waals surface area contributed by atoms with Gasteiger partial charge in [0.05, 0.1) is 11.4 Å². The fourth-order valence-corrected chi connectivity index (χ4v) is 2.24. The third kappa shape index (κ3) is 3.89. The Morgan fingerprint density at radius 1 is 1.24 bits per heavy atom. The summed E-state index contributed by atoms with van der Waals surface area (Å²) in [6.45, 7) is 2.60. The maximum atomic E-state index is 12.5. The lowest BCUT2D eigenvalue weighted by Crippen LogP contribution is -2.36. The molecule has 2 rings (SSSR count). The summed E-state index contributed by atoms with van der Waals surface area (Å²) in [5, 5.41) is 3.42. The van der Waals surface area contributed by atoms with E-state index in [-0.39, 0.29) is 6.03 Å². The van der Waals surface area contributed by atoms with Crippen molar-refractivity contribution in [3.8, 4) is 0 Å². The van der Waals surface area contributed by atoms with E-state index in [4.69, 9.17) is 17.3 Å². The maximum absolute atomic E-state index is 12.5. The molecule has 0 aliphatic carbocycles. The molecule has 0 fully saturated rings. The molecular weight excluding hydrogens is 286 g/mol. The monoisotopic (exact) mass is 303 g/mol. The van der Waals surface area contributed by atoms with Gasteiger partial charge in [0.25, 0.3) is 0 Å². The largest absolute Gasteiger partial charge is 0.397 e. The van der Waals surface area contributed by atoms with E-state index >= 15 is 0 Å². The van der Waals surface area contributed by atoms with Crippen molar-refractivity contribution in [2.24, 2.45) is 0 Å². The number of para-hydroxylation sites is 2. The molecule has 0 saturated carbocycles. The predicted molar refractivity (Wildman–Crippen MR) is 89.0 cm³/mol. The van der Waals surface area contributed by atoms with Crippen LogP contribution in [0.5, 0.6) is 0 Å². The Hall–Kier alpha value is -2.20. The smallest absolute Gasteiger partial charge is 0.326 e. The van der Waals surface area contributed by atoms with E-state index in [0.29, 0.717) is 28.6 Å². The van der Waals surface area contributed by atoms with Crippen LogP contribution in [0.3, 0.4) is 0 Å². The molecule has 0 radical (unpaired) electrons. The second-order valence-corrected chi connectivity index (χ2v) is 5.09. The fraction of sp³-hybridized carbons (Fsp3) is 0.188. The first-order chi connectivity index (χ1) is 10.1. The number of hydrogen-bond acceptors (Lipinski definition) is 2. The topological polar surface area (TPSA) is 58.4 Å². The number of halogens is 1. The van der Waals surface area contributed by atoms with Crippen LogP contribution in [0.2, 0.25) is 5.02 Å². The molecule has 2 aromatic rings. The first kappa shape index (κ1) is 15.2. The van der Waals surface area contributed by atoms with Crippen LogP contribution in [-0.4, -0.2) is 12.6 Å². The molecule has 2 aromatic carbocycles. The molecule has 5 heteroatoms. The molecular formula is C16H18ClN3O. The summed E-state index contributed by atoms with van der Waals surface area (Å²) in [4.78, 5) is 14.1. The number of carbonyl (C=O) groups excluding carboxylic acids is 1. The molecule has 0 spiro atoms. The molecule has 0 aromatic heterocycles. The molecule has 4 nitrogen and oxygen atoms in total. The summed E-state index contributed by atoms with van der Waals surface area (Å²) in [5.41, 5.74) is 7.90. The predicted octanol–water partition coefficient (Wildman–Crippen LogP) is 4.37. The van der Waals surface area contributed by atoms with Crippen LogP contribution >= 0.6 is 11.6 Å². The Morgan fingerprint density at radius 2 is 2.00 bits per heavy atom. The number of amides is 2. The summed E-state index contributed by atoms with van der Waals surface area (Å²) >= 11 is 5.93. The van der Waals surface area contributed by atoms with Gasteiger partial charge in [-0.3, -0.25) is 4.90 Å². The van der Waals surface area contributed by atoms with Gasteiger partial charge in [0, 0.05) is 17.3 Å². The fourth-order valence-electron chi connectivity index (χ4n) is 2.05. The lowest BCUT2D eigenvalue weighted by atomic mass is 10.2. The molecule has 0 heterocycles. The minimum Gasteiger partial charge on any atom is -0.397 e. The molecule has 3 N–H and O–H groups in total. The summed E-state index contributed by atoms with van der Waals surface area (Å²) in [7, 11) is 0. The lowest BCUT2D eigenvalue weighted by molar-refractivity contribution is 0.257. The normalized spacial score (nSPS) is 10.2. The number of anilines is 3. The Balaban J connectivity index is 2.22. The van der Waals surface area contributed by atoms with Crippen LogP contribution in [0, 0.1) is 0 Å². The minimum absolute atomic E-state index is 0.225. The highest BCUT2D eigenvalue weighted by Gasteiger charge is 2.17.